The molecule has 2 nitrogen and oxygen atoms in total. The van der Waals surface area contributed by atoms with Gasteiger partial charge in [0, 0.05) is 10.2 Å². The summed E-state index contributed by atoms with van der Waals surface area (Å²) in [6.45, 7) is 8.17. The zero-order chi connectivity index (χ0) is 13.4. The number of aromatic nitrogens is 1. The van der Waals surface area contributed by atoms with Gasteiger partial charge in [-0.05, 0) is 62.1 Å². The summed E-state index contributed by atoms with van der Waals surface area (Å²) in [4.78, 5) is 3.29. The summed E-state index contributed by atoms with van der Waals surface area (Å²) in [7, 11) is 0. The molecule has 0 fully saturated rings. The molecule has 3 heteroatoms. The van der Waals surface area contributed by atoms with E-state index in [1.807, 2.05) is 39.0 Å². The third kappa shape index (κ3) is 2.25. The Morgan fingerprint density at radius 3 is 2.33 bits per heavy atom. The van der Waals surface area contributed by atoms with Crippen LogP contribution in [0.4, 0.5) is 0 Å². The van der Waals surface area contributed by atoms with Crippen molar-refractivity contribution in [3.05, 3.63) is 56.3 Å². The summed E-state index contributed by atoms with van der Waals surface area (Å²) in [5.74, 6) is 0. The van der Waals surface area contributed by atoms with Gasteiger partial charge in [0.05, 0.1) is 5.69 Å². The van der Waals surface area contributed by atoms with E-state index in [-0.39, 0.29) is 0 Å². The van der Waals surface area contributed by atoms with Crippen LogP contribution < -0.4 is 0 Å². The molecule has 0 aliphatic carbocycles. The van der Waals surface area contributed by atoms with Crippen LogP contribution in [0, 0.1) is 27.7 Å². The number of rotatable bonds is 2. The molecule has 0 radical (unpaired) electrons. The third-order valence-electron chi connectivity index (χ3n) is 3.66. The van der Waals surface area contributed by atoms with Crippen molar-refractivity contribution in [3.63, 3.8) is 0 Å². The van der Waals surface area contributed by atoms with Crippen molar-refractivity contribution in [1.29, 1.82) is 0 Å². The molecular formula is C15H18BrNO. The summed E-state index contributed by atoms with van der Waals surface area (Å²) in [5, 5.41) is 10.6. The second kappa shape index (κ2) is 4.90. The highest BCUT2D eigenvalue weighted by atomic mass is 79.9. The van der Waals surface area contributed by atoms with Gasteiger partial charge in [-0.3, -0.25) is 0 Å². The van der Waals surface area contributed by atoms with Gasteiger partial charge in [-0.15, -0.1) is 0 Å². The fourth-order valence-electron chi connectivity index (χ4n) is 2.21. The minimum atomic E-state index is -0.602. The quantitative estimate of drug-likeness (QED) is 0.861. The molecule has 0 saturated heterocycles. The summed E-state index contributed by atoms with van der Waals surface area (Å²) in [6.07, 6.45) is -0.602. The number of benzene rings is 1. The van der Waals surface area contributed by atoms with E-state index >= 15 is 0 Å². The van der Waals surface area contributed by atoms with Crippen molar-refractivity contribution in [2.75, 3.05) is 0 Å². The fourth-order valence-corrected chi connectivity index (χ4v) is 2.59. The van der Waals surface area contributed by atoms with Crippen LogP contribution in [0.1, 0.15) is 39.7 Å². The predicted molar refractivity (Wildman–Crippen MR) is 77.9 cm³/mol. The Hall–Kier alpha value is -1.06. The minimum absolute atomic E-state index is 0.602. The molecule has 2 rings (SSSR count). The van der Waals surface area contributed by atoms with Gasteiger partial charge in [-0.1, -0.05) is 22.0 Å². The molecule has 0 aliphatic heterocycles. The topological polar surface area (TPSA) is 36.0 Å². The molecule has 1 atom stereocenters. The highest BCUT2D eigenvalue weighted by Gasteiger charge is 2.19. The zero-order valence-electron chi connectivity index (χ0n) is 11.1. The molecule has 0 bridgehead atoms. The molecule has 0 saturated carbocycles. The number of hydrogen-bond acceptors (Lipinski definition) is 1. The first kappa shape index (κ1) is 13.4. The molecule has 1 aromatic heterocycles. The summed E-state index contributed by atoms with van der Waals surface area (Å²) < 4.78 is 0.986. The number of H-pyrrole nitrogens is 1. The van der Waals surface area contributed by atoms with E-state index in [2.05, 4.69) is 27.8 Å². The maximum Gasteiger partial charge on any atom is 0.119 e. The number of aromatic amines is 1. The van der Waals surface area contributed by atoms with Gasteiger partial charge in [0.1, 0.15) is 6.10 Å². The number of nitrogens with one attached hydrogen (secondary N) is 1. The van der Waals surface area contributed by atoms with Gasteiger partial charge >= 0.3 is 0 Å². The van der Waals surface area contributed by atoms with Gasteiger partial charge in [0.25, 0.3) is 0 Å². The highest BCUT2D eigenvalue weighted by Crippen LogP contribution is 2.30. The molecule has 2 aromatic rings. The second-order valence-electron chi connectivity index (χ2n) is 4.82. The molecule has 1 aromatic carbocycles. The zero-order valence-corrected chi connectivity index (χ0v) is 12.7. The van der Waals surface area contributed by atoms with Crippen LogP contribution in [0.2, 0.25) is 0 Å². The van der Waals surface area contributed by atoms with Crippen molar-refractivity contribution in [1.82, 2.24) is 4.98 Å². The lowest BCUT2D eigenvalue weighted by Gasteiger charge is -2.14. The average molecular weight is 308 g/mol. The van der Waals surface area contributed by atoms with Gasteiger partial charge in [-0.2, -0.15) is 0 Å². The number of aliphatic hydroxyl groups is 1. The molecule has 1 heterocycles. The van der Waals surface area contributed by atoms with Crippen LogP contribution in [0.5, 0.6) is 0 Å². The van der Waals surface area contributed by atoms with E-state index in [1.54, 1.807) is 0 Å². The van der Waals surface area contributed by atoms with Crippen molar-refractivity contribution in [2.24, 2.45) is 0 Å². The Kier molecular flexibility index (Phi) is 3.64. The van der Waals surface area contributed by atoms with Crippen LogP contribution in [0.3, 0.4) is 0 Å². The Labute approximate surface area is 116 Å². The number of aliphatic hydroxyl groups excluding tert-OH is 1. The number of hydrogen-bond donors (Lipinski definition) is 2. The summed E-state index contributed by atoms with van der Waals surface area (Å²) in [6, 6.07) is 5.98. The number of aryl methyl sites for hydroxylation is 2. The van der Waals surface area contributed by atoms with Gasteiger partial charge in [0.15, 0.2) is 0 Å². The highest BCUT2D eigenvalue weighted by molar-refractivity contribution is 9.10. The van der Waals surface area contributed by atoms with Crippen LogP contribution in [0.15, 0.2) is 22.7 Å². The second-order valence-corrected chi connectivity index (χ2v) is 5.73. The maximum atomic E-state index is 10.6. The van der Waals surface area contributed by atoms with Crippen molar-refractivity contribution in [2.45, 2.75) is 33.8 Å². The van der Waals surface area contributed by atoms with Gasteiger partial charge in [-0.25, -0.2) is 0 Å². The largest absolute Gasteiger partial charge is 0.382 e. The van der Waals surface area contributed by atoms with E-state index in [4.69, 9.17) is 0 Å². The Morgan fingerprint density at radius 2 is 1.78 bits per heavy atom. The van der Waals surface area contributed by atoms with Crippen LogP contribution in [-0.2, 0) is 0 Å². The fraction of sp³-hybridized carbons (Fsp3) is 0.333. The first-order valence-corrected chi connectivity index (χ1v) is 6.81. The smallest absolute Gasteiger partial charge is 0.119 e. The molecule has 1 unspecified atom stereocenters. The van der Waals surface area contributed by atoms with E-state index in [1.165, 1.54) is 5.56 Å². The standard InChI is InChI=1S/C15H18BrNO/c1-8-5-6-12(16)7-13(8)15(18)14-10(3)9(2)11(4)17-14/h5-7,15,17-18H,1-4H3. The summed E-state index contributed by atoms with van der Waals surface area (Å²) in [5.41, 5.74) is 6.40. The molecule has 0 amide bonds. The van der Waals surface area contributed by atoms with E-state index < -0.39 is 6.10 Å². The van der Waals surface area contributed by atoms with Crippen molar-refractivity contribution in [3.8, 4) is 0 Å². The molecular weight excluding hydrogens is 290 g/mol. The lowest BCUT2D eigenvalue weighted by Crippen LogP contribution is -2.04. The number of halogens is 1. The molecule has 0 aliphatic rings. The Morgan fingerprint density at radius 1 is 1.11 bits per heavy atom. The van der Waals surface area contributed by atoms with Crippen LogP contribution in [0.25, 0.3) is 0 Å². The molecule has 2 N–H and O–H groups in total. The monoisotopic (exact) mass is 307 g/mol. The van der Waals surface area contributed by atoms with E-state index in [0.29, 0.717) is 0 Å². The van der Waals surface area contributed by atoms with Crippen LogP contribution >= 0.6 is 15.9 Å². The predicted octanol–water partition coefficient (Wildman–Crippen LogP) is 4.09. The van der Waals surface area contributed by atoms with E-state index in [9.17, 15) is 5.11 Å². The first-order chi connectivity index (χ1) is 8.41. The van der Waals surface area contributed by atoms with Crippen molar-refractivity contribution >= 4 is 15.9 Å². The molecule has 96 valence electrons. The van der Waals surface area contributed by atoms with Crippen LogP contribution in [-0.4, -0.2) is 10.1 Å². The van der Waals surface area contributed by atoms with E-state index in [0.717, 1.165) is 32.6 Å². The maximum absolute atomic E-state index is 10.6. The molecule has 0 spiro atoms. The summed E-state index contributed by atoms with van der Waals surface area (Å²) >= 11 is 3.45. The minimum Gasteiger partial charge on any atom is -0.382 e. The normalized spacial score (nSPS) is 12.8. The Bertz CT molecular complexity index is 586. The first-order valence-electron chi connectivity index (χ1n) is 6.01. The Balaban J connectivity index is 2.50. The SMILES string of the molecule is Cc1ccc(Br)cc1C(O)c1[nH]c(C)c(C)c1C. The van der Waals surface area contributed by atoms with Crippen molar-refractivity contribution < 1.29 is 5.11 Å². The van der Waals surface area contributed by atoms with Gasteiger partial charge in [0.2, 0.25) is 0 Å². The molecule has 18 heavy (non-hydrogen) atoms. The third-order valence-corrected chi connectivity index (χ3v) is 4.15. The lowest BCUT2D eigenvalue weighted by molar-refractivity contribution is 0.214. The lowest BCUT2D eigenvalue weighted by atomic mass is 9.99. The van der Waals surface area contributed by atoms with Gasteiger partial charge < -0.3 is 10.1 Å². The average Bonchev–Trinajstić information content (AvgIpc) is 2.59.